The predicted molar refractivity (Wildman–Crippen MR) is 90.3 cm³/mol. The van der Waals surface area contributed by atoms with Gasteiger partial charge in [0.05, 0.1) is 18.2 Å². The average Bonchev–Trinajstić information content (AvgIpc) is 3.02. The van der Waals surface area contributed by atoms with Crippen molar-refractivity contribution in [3.05, 3.63) is 48.3 Å². The van der Waals surface area contributed by atoms with Crippen molar-refractivity contribution < 1.29 is 9.90 Å². The number of nitrogens with zero attached hydrogens (tertiary/aromatic N) is 3. The van der Waals surface area contributed by atoms with Crippen LogP contribution in [0.3, 0.4) is 0 Å². The molecular weight excluding hydrogens is 304 g/mol. The van der Waals surface area contributed by atoms with Gasteiger partial charge in [-0.2, -0.15) is 0 Å². The zero-order valence-electron chi connectivity index (χ0n) is 13.9. The third-order valence-corrected chi connectivity index (χ3v) is 4.75. The Kier molecular flexibility index (Phi) is 5.25. The Morgan fingerprint density at radius 2 is 2.29 bits per heavy atom. The molecule has 0 saturated heterocycles. The highest BCUT2D eigenvalue weighted by Crippen LogP contribution is 2.29. The van der Waals surface area contributed by atoms with Gasteiger partial charge in [-0.15, -0.1) is 0 Å². The first-order chi connectivity index (χ1) is 11.6. The van der Waals surface area contributed by atoms with Gasteiger partial charge in [-0.25, -0.2) is 4.98 Å². The highest BCUT2D eigenvalue weighted by molar-refractivity contribution is 5.76. The molecule has 6 heteroatoms. The third kappa shape index (κ3) is 3.82. The van der Waals surface area contributed by atoms with E-state index in [4.69, 9.17) is 0 Å². The lowest BCUT2D eigenvalue weighted by atomic mass is 9.87. The number of aliphatic hydroxyl groups is 1. The van der Waals surface area contributed by atoms with Gasteiger partial charge in [0.2, 0.25) is 5.91 Å². The minimum Gasteiger partial charge on any atom is -0.389 e. The fourth-order valence-corrected chi connectivity index (χ4v) is 3.44. The second-order valence-corrected chi connectivity index (χ2v) is 6.41. The Morgan fingerprint density at radius 1 is 1.42 bits per heavy atom. The lowest BCUT2D eigenvalue weighted by Crippen LogP contribution is -2.49. The first-order valence-electron chi connectivity index (χ1n) is 8.51. The SMILES string of the molecule is Cc1nccn1[C@@H]1CCC[C@@H](NC(=O)CCc2cccnc2)[C@H]1O. The van der Waals surface area contributed by atoms with E-state index in [0.717, 1.165) is 30.7 Å². The monoisotopic (exact) mass is 328 g/mol. The molecule has 0 unspecified atom stereocenters. The molecule has 1 aliphatic rings. The minimum atomic E-state index is -0.589. The summed E-state index contributed by atoms with van der Waals surface area (Å²) in [4.78, 5) is 20.5. The summed E-state index contributed by atoms with van der Waals surface area (Å²) in [6.07, 6.45) is 10.3. The van der Waals surface area contributed by atoms with Gasteiger partial charge in [0, 0.05) is 31.2 Å². The van der Waals surface area contributed by atoms with E-state index in [1.54, 1.807) is 18.6 Å². The van der Waals surface area contributed by atoms with E-state index < -0.39 is 6.10 Å². The van der Waals surface area contributed by atoms with Gasteiger partial charge < -0.3 is 15.0 Å². The van der Waals surface area contributed by atoms with E-state index >= 15 is 0 Å². The number of aromatic nitrogens is 3. The predicted octanol–water partition coefficient (Wildman–Crippen LogP) is 1.79. The quantitative estimate of drug-likeness (QED) is 0.877. The normalized spacial score (nSPS) is 23.8. The number of hydrogen-bond acceptors (Lipinski definition) is 4. The summed E-state index contributed by atoms with van der Waals surface area (Å²) in [5, 5.41) is 13.7. The molecule has 3 rings (SSSR count). The second kappa shape index (κ2) is 7.57. The molecule has 2 aromatic rings. The van der Waals surface area contributed by atoms with Crippen LogP contribution in [0, 0.1) is 6.92 Å². The molecule has 2 N–H and O–H groups in total. The molecular formula is C18H24N4O2. The van der Waals surface area contributed by atoms with Gasteiger partial charge in [-0.1, -0.05) is 6.07 Å². The van der Waals surface area contributed by atoms with E-state index in [1.165, 1.54) is 0 Å². The van der Waals surface area contributed by atoms with Crippen LogP contribution in [0.5, 0.6) is 0 Å². The lowest BCUT2D eigenvalue weighted by molar-refractivity contribution is -0.123. The van der Waals surface area contributed by atoms with Crippen molar-refractivity contribution in [1.82, 2.24) is 19.9 Å². The van der Waals surface area contributed by atoms with Crippen molar-refractivity contribution in [2.45, 2.75) is 57.2 Å². The molecule has 0 bridgehead atoms. The summed E-state index contributed by atoms with van der Waals surface area (Å²) in [7, 11) is 0. The molecule has 1 aliphatic carbocycles. The largest absolute Gasteiger partial charge is 0.389 e. The number of imidazole rings is 1. The average molecular weight is 328 g/mol. The van der Waals surface area contributed by atoms with Crippen molar-refractivity contribution in [2.24, 2.45) is 0 Å². The third-order valence-electron chi connectivity index (χ3n) is 4.75. The van der Waals surface area contributed by atoms with Gasteiger partial charge in [0.15, 0.2) is 0 Å². The summed E-state index contributed by atoms with van der Waals surface area (Å²) in [6.45, 7) is 1.93. The van der Waals surface area contributed by atoms with E-state index in [1.807, 2.05) is 29.8 Å². The smallest absolute Gasteiger partial charge is 0.220 e. The number of pyridine rings is 1. The molecule has 1 fully saturated rings. The van der Waals surface area contributed by atoms with Crippen LogP contribution >= 0.6 is 0 Å². The maximum absolute atomic E-state index is 12.2. The molecule has 0 spiro atoms. The molecule has 1 amide bonds. The Balaban J connectivity index is 1.56. The maximum atomic E-state index is 12.2. The van der Waals surface area contributed by atoms with Crippen molar-refractivity contribution >= 4 is 5.91 Å². The maximum Gasteiger partial charge on any atom is 0.220 e. The summed E-state index contributed by atoms with van der Waals surface area (Å²) in [6, 6.07) is 3.61. The zero-order chi connectivity index (χ0) is 16.9. The number of rotatable bonds is 5. The van der Waals surface area contributed by atoms with Gasteiger partial charge in [-0.3, -0.25) is 9.78 Å². The van der Waals surface area contributed by atoms with E-state index in [9.17, 15) is 9.90 Å². The molecule has 1 saturated carbocycles. The number of aliphatic hydroxyl groups excluding tert-OH is 1. The highest BCUT2D eigenvalue weighted by atomic mass is 16.3. The van der Waals surface area contributed by atoms with Crippen LogP contribution in [0.4, 0.5) is 0 Å². The van der Waals surface area contributed by atoms with Crippen molar-refractivity contribution in [1.29, 1.82) is 0 Å². The van der Waals surface area contributed by atoms with E-state index in [0.29, 0.717) is 12.8 Å². The molecule has 6 nitrogen and oxygen atoms in total. The number of carbonyl (C=O) groups excluding carboxylic acids is 1. The minimum absolute atomic E-state index is 0.0223. The van der Waals surface area contributed by atoms with Gasteiger partial charge in [0.25, 0.3) is 0 Å². The lowest BCUT2D eigenvalue weighted by Gasteiger charge is -2.36. The standard InChI is InChI=1S/C18H24N4O2/c1-13-20-10-11-22(13)16-6-2-5-15(18(16)24)21-17(23)8-7-14-4-3-9-19-12-14/h3-4,9-12,15-16,18,24H,2,5-8H2,1H3,(H,21,23)/t15-,16-,18-/m1/s1. The molecule has 2 heterocycles. The summed E-state index contributed by atoms with van der Waals surface area (Å²) in [5.41, 5.74) is 1.05. The van der Waals surface area contributed by atoms with Crippen LogP contribution in [0.2, 0.25) is 0 Å². The Labute approximate surface area is 141 Å². The highest BCUT2D eigenvalue weighted by Gasteiger charge is 2.34. The van der Waals surface area contributed by atoms with Gasteiger partial charge in [-0.05, 0) is 44.2 Å². The zero-order valence-corrected chi connectivity index (χ0v) is 13.9. The first kappa shape index (κ1) is 16.6. The molecule has 0 aliphatic heterocycles. The summed E-state index contributed by atoms with van der Waals surface area (Å²) in [5.74, 6) is 0.869. The second-order valence-electron chi connectivity index (χ2n) is 6.41. The van der Waals surface area contributed by atoms with Crippen LogP contribution in [0.25, 0.3) is 0 Å². The number of hydrogen-bond donors (Lipinski definition) is 2. The van der Waals surface area contributed by atoms with Crippen molar-refractivity contribution in [2.75, 3.05) is 0 Å². The number of carbonyl (C=O) groups is 1. The van der Waals surface area contributed by atoms with Crippen molar-refractivity contribution in [3.8, 4) is 0 Å². The molecule has 0 radical (unpaired) electrons. The van der Waals surface area contributed by atoms with Crippen LogP contribution in [0.15, 0.2) is 36.9 Å². The Morgan fingerprint density at radius 3 is 3.00 bits per heavy atom. The van der Waals surface area contributed by atoms with Crippen LogP contribution in [0.1, 0.15) is 43.1 Å². The van der Waals surface area contributed by atoms with Crippen LogP contribution < -0.4 is 5.32 Å². The fourth-order valence-electron chi connectivity index (χ4n) is 3.44. The van der Waals surface area contributed by atoms with E-state index in [2.05, 4.69) is 15.3 Å². The number of amides is 1. The topological polar surface area (TPSA) is 80.0 Å². The van der Waals surface area contributed by atoms with Crippen LogP contribution in [-0.4, -0.2) is 37.7 Å². The molecule has 0 aromatic carbocycles. The fraction of sp³-hybridized carbons (Fsp3) is 0.500. The van der Waals surface area contributed by atoms with Crippen LogP contribution in [-0.2, 0) is 11.2 Å². The summed E-state index contributed by atoms with van der Waals surface area (Å²) < 4.78 is 2.01. The Bertz CT molecular complexity index is 671. The van der Waals surface area contributed by atoms with Gasteiger partial charge in [0.1, 0.15) is 5.82 Å². The number of nitrogens with one attached hydrogen (secondary N) is 1. The van der Waals surface area contributed by atoms with E-state index in [-0.39, 0.29) is 18.0 Å². The molecule has 24 heavy (non-hydrogen) atoms. The summed E-state index contributed by atoms with van der Waals surface area (Å²) >= 11 is 0. The first-order valence-corrected chi connectivity index (χ1v) is 8.51. The molecule has 3 atom stereocenters. The van der Waals surface area contributed by atoms with Gasteiger partial charge >= 0.3 is 0 Å². The number of aryl methyl sites for hydroxylation is 2. The van der Waals surface area contributed by atoms with Crippen molar-refractivity contribution in [3.63, 3.8) is 0 Å². The molecule has 2 aromatic heterocycles. The Hall–Kier alpha value is -2.21. The molecule has 128 valence electrons.